The SMILES string of the molecule is CCNc1cc(F)ccc1CN. The van der Waals surface area contributed by atoms with Gasteiger partial charge in [-0.2, -0.15) is 0 Å². The Balaban J connectivity index is 2.95. The van der Waals surface area contributed by atoms with E-state index >= 15 is 0 Å². The molecule has 0 aliphatic heterocycles. The first-order valence-electron chi connectivity index (χ1n) is 4.00. The maximum absolute atomic E-state index is 12.7. The Kier molecular flexibility index (Phi) is 3.05. The molecule has 1 aromatic carbocycles. The summed E-state index contributed by atoms with van der Waals surface area (Å²) in [6, 6.07) is 4.59. The molecule has 3 N–H and O–H groups in total. The van der Waals surface area contributed by atoms with E-state index in [0.29, 0.717) is 6.54 Å². The van der Waals surface area contributed by atoms with E-state index in [9.17, 15) is 4.39 Å². The van der Waals surface area contributed by atoms with Gasteiger partial charge in [0.1, 0.15) is 5.82 Å². The van der Waals surface area contributed by atoms with Gasteiger partial charge in [-0.3, -0.25) is 0 Å². The highest BCUT2D eigenvalue weighted by Crippen LogP contribution is 2.15. The monoisotopic (exact) mass is 168 g/mol. The molecule has 1 rings (SSSR count). The Hall–Kier alpha value is -1.09. The first-order chi connectivity index (χ1) is 5.77. The number of hydrogen-bond donors (Lipinski definition) is 2. The maximum Gasteiger partial charge on any atom is 0.125 e. The number of hydrogen-bond acceptors (Lipinski definition) is 2. The van der Waals surface area contributed by atoms with Crippen molar-refractivity contribution in [1.29, 1.82) is 0 Å². The third-order valence-electron chi connectivity index (χ3n) is 1.66. The van der Waals surface area contributed by atoms with Crippen molar-refractivity contribution in [3.63, 3.8) is 0 Å². The number of nitrogens with one attached hydrogen (secondary N) is 1. The largest absolute Gasteiger partial charge is 0.385 e. The Morgan fingerprint density at radius 1 is 1.50 bits per heavy atom. The minimum Gasteiger partial charge on any atom is -0.385 e. The van der Waals surface area contributed by atoms with Crippen LogP contribution < -0.4 is 11.1 Å². The van der Waals surface area contributed by atoms with Crippen molar-refractivity contribution >= 4 is 5.69 Å². The van der Waals surface area contributed by atoms with E-state index in [-0.39, 0.29) is 5.82 Å². The van der Waals surface area contributed by atoms with E-state index in [1.54, 1.807) is 6.07 Å². The summed E-state index contributed by atoms with van der Waals surface area (Å²) in [5.74, 6) is -0.233. The summed E-state index contributed by atoms with van der Waals surface area (Å²) in [5, 5.41) is 3.05. The molecule has 3 heteroatoms. The lowest BCUT2D eigenvalue weighted by atomic mass is 10.1. The second-order valence-electron chi connectivity index (χ2n) is 2.54. The highest BCUT2D eigenvalue weighted by atomic mass is 19.1. The summed E-state index contributed by atoms with van der Waals surface area (Å²) >= 11 is 0. The number of anilines is 1. The predicted molar refractivity (Wildman–Crippen MR) is 48.5 cm³/mol. The minimum absolute atomic E-state index is 0.233. The van der Waals surface area contributed by atoms with Gasteiger partial charge in [0.2, 0.25) is 0 Å². The summed E-state index contributed by atoms with van der Waals surface area (Å²) in [4.78, 5) is 0. The van der Waals surface area contributed by atoms with Crippen LogP contribution in [0.1, 0.15) is 12.5 Å². The zero-order valence-corrected chi connectivity index (χ0v) is 7.10. The molecule has 0 bridgehead atoms. The lowest BCUT2D eigenvalue weighted by Gasteiger charge is -2.08. The van der Waals surface area contributed by atoms with Crippen molar-refractivity contribution in [3.8, 4) is 0 Å². The molecule has 0 heterocycles. The molecule has 0 aliphatic carbocycles. The summed E-state index contributed by atoms with van der Waals surface area (Å²) in [7, 11) is 0. The van der Waals surface area contributed by atoms with Gasteiger partial charge >= 0.3 is 0 Å². The Morgan fingerprint density at radius 3 is 2.83 bits per heavy atom. The fraction of sp³-hybridized carbons (Fsp3) is 0.333. The summed E-state index contributed by atoms with van der Waals surface area (Å²) < 4.78 is 12.7. The van der Waals surface area contributed by atoms with Crippen molar-refractivity contribution in [2.45, 2.75) is 13.5 Å². The van der Waals surface area contributed by atoms with Gasteiger partial charge in [-0.25, -0.2) is 4.39 Å². The molecule has 0 atom stereocenters. The lowest BCUT2D eigenvalue weighted by molar-refractivity contribution is 0.627. The van der Waals surface area contributed by atoms with Crippen LogP contribution in [0.5, 0.6) is 0 Å². The highest BCUT2D eigenvalue weighted by molar-refractivity contribution is 5.51. The smallest absolute Gasteiger partial charge is 0.125 e. The number of benzene rings is 1. The molecule has 0 spiro atoms. The summed E-state index contributed by atoms with van der Waals surface area (Å²) in [5.41, 5.74) is 7.20. The van der Waals surface area contributed by atoms with Crippen molar-refractivity contribution in [2.75, 3.05) is 11.9 Å². The first-order valence-corrected chi connectivity index (χ1v) is 4.00. The Morgan fingerprint density at radius 2 is 2.25 bits per heavy atom. The standard InChI is InChI=1S/C9H13FN2/c1-2-12-9-5-8(10)4-3-7(9)6-11/h3-5,12H,2,6,11H2,1H3. The molecular weight excluding hydrogens is 155 g/mol. The van der Waals surface area contributed by atoms with Crippen LogP contribution in [-0.2, 0) is 6.54 Å². The molecule has 0 unspecified atom stereocenters. The Bertz CT molecular complexity index is 261. The first kappa shape index (κ1) is 9.00. The van der Waals surface area contributed by atoms with Crippen LogP contribution in [-0.4, -0.2) is 6.54 Å². The third kappa shape index (κ3) is 1.95. The molecule has 0 amide bonds. The van der Waals surface area contributed by atoms with Gasteiger partial charge in [0.05, 0.1) is 0 Å². The van der Waals surface area contributed by atoms with Crippen molar-refractivity contribution < 1.29 is 4.39 Å². The van der Waals surface area contributed by atoms with Gasteiger partial charge in [0.25, 0.3) is 0 Å². The quantitative estimate of drug-likeness (QED) is 0.721. The van der Waals surface area contributed by atoms with E-state index in [4.69, 9.17) is 5.73 Å². The molecule has 0 saturated heterocycles. The number of rotatable bonds is 3. The van der Waals surface area contributed by atoms with Gasteiger partial charge in [-0.05, 0) is 24.6 Å². The second kappa shape index (κ2) is 4.07. The van der Waals surface area contributed by atoms with Crippen LogP contribution in [0.3, 0.4) is 0 Å². The average molecular weight is 168 g/mol. The lowest BCUT2D eigenvalue weighted by Crippen LogP contribution is -2.05. The van der Waals surface area contributed by atoms with Gasteiger partial charge in [0.15, 0.2) is 0 Å². The number of halogens is 1. The van der Waals surface area contributed by atoms with E-state index in [0.717, 1.165) is 17.8 Å². The normalized spacial score (nSPS) is 9.92. The van der Waals surface area contributed by atoms with Gasteiger partial charge in [-0.15, -0.1) is 0 Å². The average Bonchev–Trinajstić information content (AvgIpc) is 2.05. The van der Waals surface area contributed by atoms with E-state index < -0.39 is 0 Å². The number of nitrogens with two attached hydrogens (primary N) is 1. The zero-order valence-electron chi connectivity index (χ0n) is 7.10. The molecular formula is C9H13FN2. The molecule has 0 radical (unpaired) electrons. The molecule has 0 aliphatic rings. The van der Waals surface area contributed by atoms with Crippen LogP contribution in [0, 0.1) is 5.82 Å². The Labute approximate surface area is 71.6 Å². The highest BCUT2D eigenvalue weighted by Gasteiger charge is 2.00. The van der Waals surface area contributed by atoms with Crippen LogP contribution in [0.25, 0.3) is 0 Å². The van der Waals surface area contributed by atoms with Crippen LogP contribution in [0.2, 0.25) is 0 Å². The molecule has 0 fully saturated rings. The van der Waals surface area contributed by atoms with Crippen molar-refractivity contribution in [3.05, 3.63) is 29.6 Å². The zero-order chi connectivity index (χ0) is 8.97. The van der Waals surface area contributed by atoms with Crippen LogP contribution in [0.4, 0.5) is 10.1 Å². The van der Waals surface area contributed by atoms with Crippen LogP contribution >= 0.6 is 0 Å². The van der Waals surface area contributed by atoms with E-state index in [1.165, 1.54) is 12.1 Å². The van der Waals surface area contributed by atoms with E-state index in [2.05, 4.69) is 5.32 Å². The second-order valence-corrected chi connectivity index (χ2v) is 2.54. The molecule has 12 heavy (non-hydrogen) atoms. The summed E-state index contributed by atoms with van der Waals surface area (Å²) in [6.07, 6.45) is 0. The topological polar surface area (TPSA) is 38.0 Å². The third-order valence-corrected chi connectivity index (χ3v) is 1.66. The minimum atomic E-state index is -0.233. The van der Waals surface area contributed by atoms with E-state index in [1.807, 2.05) is 6.92 Å². The maximum atomic E-state index is 12.7. The summed E-state index contributed by atoms with van der Waals surface area (Å²) in [6.45, 7) is 3.17. The molecule has 0 saturated carbocycles. The predicted octanol–water partition coefficient (Wildman–Crippen LogP) is 1.72. The molecule has 66 valence electrons. The molecule has 0 aromatic heterocycles. The fourth-order valence-corrected chi connectivity index (χ4v) is 1.08. The van der Waals surface area contributed by atoms with Crippen molar-refractivity contribution in [2.24, 2.45) is 5.73 Å². The van der Waals surface area contributed by atoms with Crippen molar-refractivity contribution in [1.82, 2.24) is 0 Å². The fourth-order valence-electron chi connectivity index (χ4n) is 1.08. The van der Waals surface area contributed by atoms with Crippen LogP contribution in [0.15, 0.2) is 18.2 Å². The van der Waals surface area contributed by atoms with Gasteiger partial charge < -0.3 is 11.1 Å². The molecule has 1 aromatic rings. The molecule has 2 nitrogen and oxygen atoms in total. The van der Waals surface area contributed by atoms with Gasteiger partial charge in [-0.1, -0.05) is 6.07 Å². The van der Waals surface area contributed by atoms with Gasteiger partial charge in [0, 0.05) is 18.8 Å².